The molecule has 0 bridgehead atoms. The van der Waals surface area contributed by atoms with Crippen LogP contribution in [-0.4, -0.2) is 34.0 Å². The molecule has 3 rings (SSSR count). The number of carbonyl (C=O) groups excluding carboxylic acids is 1. The summed E-state index contributed by atoms with van der Waals surface area (Å²) >= 11 is 7.24. The SMILES string of the molecule is O=C(CC1=CSC2=NCCN12)Nc1ccc(Cl)c([N+](=O)[O-])c1. The monoisotopic (exact) mass is 338 g/mol. The molecule has 0 aliphatic carbocycles. The van der Waals surface area contributed by atoms with Gasteiger partial charge in [-0.1, -0.05) is 23.4 Å². The fraction of sp³-hybridized carbons (Fsp3) is 0.231. The number of anilines is 1. The molecule has 0 aromatic heterocycles. The van der Waals surface area contributed by atoms with Gasteiger partial charge in [-0.05, 0) is 17.5 Å². The van der Waals surface area contributed by atoms with Crippen LogP contribution in [0.3, 0.4) is 0 Å². The van der Waals surface area contributed by atoms with Crippen LogP contribution in [0.4, 0.5) is 11.4 Å². The number of amidine groups is 1. The van der Waals surface area contributed by atoms with Crippen LogP contribution in [0, 0.1) is 10.1 Å². The zero-order valence-electron chi connectivity index (χ0n) is 11.3. The highest BCUT2D eigenvalue weighted by atomic mass is 35.5. The first kappa shape index (κ1) is 14.9. The minimum Gasteiger partial charge on any atom is -0.325 e. The van der Waals surface area contributed by atoms with Gasteiger partial charge in [-0.25, -0.2) is 0 Å². The first-order chi connectivity index (χ1) is 10.5. The van der Waals surface area contributed by atoms with E-state index in [2.05, 4.69) is 10.3 Å². The smallest absolute Gasteiger partial charge is 0.289 e. The number of hydrogen-bond acceptors (Lipinski definition) is 6. The minimum absolute atomic E-state index is 0.0378. The van der Waals surface area contributed by atoms with Gasteiger partial charge in [0, 0.05) is 24.0 Å². The number of nitro benzene ring substituents is 1. The van der Waals surface area contributed by atoms with Crippen molar-refractivity contribution < 1.29 is 9.72 Å². The number of rotatable bonds is 4. The molecule has 0 spiro atoms. The zero-order valence-corrected chi connectivity index (χ0v) is 12.9. The Morgan fingerprint density at radius 1 is 1.55 bits per heavy atom. The quantitative estimate of drug-likeness (QED) is 0.673. The Morgan fingerprint density at radius 2 is 2.36 bits per heavy atom. The summed E-state index contributed by atoms with van der Waals surface area (Å²) < 4.78 is 0. The Bertz CT molecular complexity index is 719. The Balaban J connectivity index is 1.66. The summed E-state index contributed by atoms with van der Waals surface area (Å²) in [4.78, 5) is 28.7. The summed E-state index contributed by atoms with van der Waals surface area (Å²) in [5.41, 5.74) is 1.01. The number of thioether (sulfide) groups is 1. The van der Waals surface area contributed by atoms with Gasteiger partial charge in [-0.15, -0.1) is 0 Å². The van der Waals surface area contributed by atoms with Gasteiger partial charge < -0.3 is 10.2 Å². The third kappa shape index (κ3) is 2.93. The van der Waals surface area contributed by atoms with E-state index in [1.165, 1.54) is 30.0 Å². The van der Waals surface area contributed by atoms with Gasteiger partial charge in [0.25, 0.3) is 5.69 Å². The summed E-state index contributed by atoms with van der Waals surface area (Å²) in [7, 11) is 0. The number of fused-ring (bicyclic) bond motifs is 1. The van der Waals surface area contributed by atoms with Crippen molar-refractivity contribution in [3.05, 3.63) is 44.4 Å². The number of halogens is 1. The Hall–Kier alpha value is -2.06. The lowest BCUT2D eigenvalue weighted by atomic mass is 10.2. The highest BCUT2D eigenvalue weighted by Crippen LogP contribution is 2.31. The summed E-state index contributed by atoms with van der Waals surface area (Å²) in [6.45, 7) is 1.53. The van der Waals surface area contributed by atoms with E-state index in [4.69, 9.17) is 11.6 Å². The van der Waals surface area contributed by atoms with Crippen LogP contribution < -0.4 is 5.32 Å². The Kier molecular flexibility index (Phi) is 4.04. The van der Waals surface area contributed by atoms with Gasteiger partial charge in [0.1, 0.15) is 5.02 Å². The molecule has 0 fully saturated rings. The fourth-order valence-corrected chi connectivity index (χ4v) is 3.36. The van der Waals surface area contributed by atoms with Crippen molar-refractivity contribution in [1.29, 1.82) is 0 Å². The van der Waals surface area contributed by atoms with Crippen molar-refractivity contribution in [2.45, 2.75) is 6.42 Å². The summed E-state index contributed by atoms with van der Waals surface area (Å²) in [5.74, 6) is -0.239. The third-order valence-electron chi connectivity index (χ3n) is 3.22. The molecule has 2 heterocycles. The van der Waals surface area contributed by atoms with Crippen LogP contribution in [0.15, 0.2) is 34.3 Å². The molecular formula is C13H11ClN4O3S. The van der Waals surface area contributed by atoms with E-state index in [-0.39, 0.29) is 23.0 Å². The van der Waals surface area contributed by atoms with Crippen LogP contribution in [0.2, 0.25) is 5.02 Å². The summed E-state index contributed by atoms with van der Waals surface area (Å²) in [5, 5.41) is 16.4. The number of carbonyl (C=O) groups is 1. The molecule has 1 amide bonds. The fourth-order valence-electron chi connectivity index (χ4n) is 2.22. The minimum atomic E-state index is -0.582. The van der Waals surface area contributed by atoms with Crippen LogP contribution in [0.5, 0.6) is 0 Å². The topological polar surface area (TPSA) is 87.8 Å². The van der Waals surface area contributed by atoms with E-state index in [1.54, 1.807) is 0 Å². The van der Waals surface area contributed by atoms with Crippen molar-refractivity contribution in [2.75, 3.05) is 18.4 Å². The molecule has 22 heavy (non-hydrogen) atoms. The maximum absolute atomic E-state index is 12.1. The number of aliphatic imine (C=N–C) groups is 1. The number of hydrogen-bond donors (Lipinski definition) is 1. The van der Waals surface area contributed by atoms with E-state index in [1.807, 2.05) is 10.3 Å². The molecule has 0 unspecified atom stereocenters. The first-order valence-electron chi connectivity index (χ1n) is 6.46. The van der Waals surface area contributed by atoms with Gasteiger partial charge in [0.2, 0.25) is 5.91 Å². The van der Waals surface area contributed by atoms with Crippen LogP contribution in [0.1, 0.15) is 6.42 Å². The van der Waals surface area contributed by atoms with Crippen LogP contribution >= 0.6 is 23.4 Å². The van der Waals surface area contributed by atoms with E-state index >= 15 is 0 Å². The first-order valence-corrected chi connectivity index (χ1v) is 7.72. The standard InChI is InChI=1S/C13H11ClN4O3S/c14-10-2-1-8(5-11(10)18(20)21)16-12(19)6-9-7-22-13-15-3-4-17(9)13/h1-2,5,7H,3-4,6H2,(H,16,19). The number of benzene rings is 1. The summed E-state index contributed by atoms with van der Waals surface area (Å²) in [6.07, 6.45) is 0.197. The van der Waals surface area contributed by atoms with Crippen molar-refractivity contribution in [3.63, 3.8) is 0 Å². The van der Waals surface area contributed by atoms with Gasteiger partial charge >= 0.3 is 0 Å². The van der Waals surface area contributed by atoms with Crippen LogP contribution in [-0.2, 0) is 4.79 Å². The molecule has 2 aliphatic heterocycles. The molecule has 7 nitrogen and oxygen atoms in total. The molecule has 1 aromatic rings. The van der Waals surface area contributed by atoms with Gasteiger partial charge in [-0.3, -0.25) is 19.9 Å². The highest BCUT2D eigenvalue weighted by Gasteiger charge is 2.27. The van der Waals surface area contributed by atoms with E-state index in [0.717, 1.165) is 24.0 Å². The molecule has 2 aliphatic rings. The van der Waals surface area contributed by atoms with Gasteiger partial charge in [0.15, 0.2) is 5.17 Å². The van der Waals surface area contributed by atoms with Crippen molar-refractivity contribution in [1.82, 2.24) is 4.90 Å². The number of nitro groups is 1. The van der Waals surface area contributed by atoms with E-state index in [9.17, 15) is 14.9 Å². The lowest BCUT2D eigenvalue weighted by Crippen LogP contribution is -2.24. The molecule has 0 atom stereocenters. The second kappa shape index (κ2) is 5.98. The zero-order chi connectivity index (χ0) is 15.7. The number of amides is 1. The lowest BCUT2D eigenvalue weighted by molar-refractivity contribution is -0.384. The molecule has 1 aromatic carbocycles. The Morgan fingerprint density at radius 3 is 3.14 bits per heavy atom. The average Bonchev–Trinajstić information content (AvgIpc) is 3.06. The molecule has 9 heteroatoms. The average molecular weight is 339 g/mol. The highest BCUT2D eigenvalue weighted by molar-refractivity contribution is 8.16. The molecule has 0 radical (unpaired) electrons. The molecule has 1 N–H and O–H groups in total. The van der Waals surface area contributed by atoms with Crippen LogP contribution in [0.25, 0.3) is 0 Å². The maximum Gasteiger partial charge on any atom is 0.289 e. The second-order valence-electron chi connectivity index (χ2n) is 4.69. The molecule has 0 saturated heterocycles. The maximum atomic E-state index is 12.1. The molecule has 114 valence electrons. The summed E-state index contributed by atoms with van der Waals surface area (Å²) in [6, 6.07) is 4.18. The second-order valence-corrected chi connectivity index (χ2v) is 5.93. The van der Waals surface area contributed by atoms with Gasteiger partial charge in [-0.2, -0.15) is 0 Å². The van der Waals surface area contributed by atoms with E-state index < -0.39 is 4.92 Å². The largest absolute Gasteiger partial charge is 0.325 e. The van der Waals surface area contributed by atoms with Crippen molar-refractivity contribution in [3.8, 4) is 0 Å². The number of nitrogens with zero attached hydrogens (tertiary/aromatic N) is 3. The normalized spacial score (nSPS) is 16.1. The number of nitrogens with one attached hydrogen (secondary N) is 1. The Labute approximate surface area is 135 Å². The van der Waals surface area contributed by atoms with E-state index in [0.29, 0.717) is 5.69 Å². The van der Waals surface area contributed by atoms with Crippen molar-refractivity contribution >= 4 is 45.8 Å². The third-order valence-corrected chi connectivity index (χ3v) is 4.49. The molecule has 0 saturated carbocycles. The predicted molar refractivity (Wildman–Crippen MR) is 86.0 cm³/mol. The lowest BCUT2D eigenvalue weighted by Gasteiger charge is -2.16. The van der Waals surface area contributed by atoms with Crippen molar-refractivity contribution in [2.24, 2.45) is 4.99 Å². The molecular weight excluding hydrogens is 328 g/mol. The van der Waals surface area contributed by atoms with Gasteiger partial charge in [0.05, 0.1) is 17.9 Å². The predicted octanol–water partition coefficient (Wildman–Crippen LogP) is 2.84.